The Bertz CT molecular complexity index is 797. The van der Waals surface area contributed by atoms with Gasteiger partial charge in [0, 0.05) is 21.1 Å². The number of unbranched alkanes of at least 4 members (excludes halogenated alkanes) is 6. The highest BCUT2D eigenvalue weighted by Gasteiger charge is 2.35. The van der Waals surface area contributed by atoms with E-state index in [-0.39, 0.29) is 5.97 Å². The third kappa shape index (κ3) is 6.24. The molecule has 0 unspecified atom stereocenters. The SMILES string of the molecule is CCCCCCCCCC(=O)OS(c1ccccc1)(c1ccccc1)c1ccccc1. The van der Waals surface area contributed by atoms with Gasteiger partial charge < -0.3 is 4.18 Å². The lowest BCUT2D eigenvalue weighted by Crippen LogP contribution is -2.13. The fourth-order valence-electron chi connectivity index (χ4n) is 3.80. The lowest BCUT2D eigenvalue weighted by Gasteiger charge is -2.39. The fraction of sp³-hybridized carbons (Fsp3) is 0.321. The third-order valence-electron chi connectivity index (χ3n) is 5.43. The molecular formula is C28H34O2S. The van der Waals surface area contributed by atoms with E-state index < -0.39 is 10.3 Å². The summed E-state index contributed by atoms with van der Waals surface area (Å²) in [6.45, 7) is 2.23. The summed E-state index contributed by atoms with van der Waals surface area (Å²) >= 11 is 0. The van der Waals surface area contributed by atoms with Gasteiger partial charge in [-0.2, -0.15) is 0 Å². The van der Waals surface area contributed by atoms with Gasteiger partial charge in [-0.25, -0.2) is 0 Å². The molecule has 3 heteroatoms. The van der Waals surface area contributed by atoms with Crippen LogP contribution in [0.4, 0.5) is 0 Å². The average Bonchev–Trinajstić information content (AvgIpc) is 2.83. The van der Waals surface area contributed by atoms with Gasteiger partial charge in [-0.1, -0.05) is 100 Å². The quantitative estimate of drug-likeness (QED) is 0.267. The zero-order chi connectivity index (χ0) is 21.8. The number of hydrogen-bond acceptors (Lipinski definition) is 2. The van der Waals surface area contributed by atoms with E-state index in [2.05, 4.69) is 43.3 Å². The molecule has 0 amide bonds. The van der Waals surface area contributed by atoms with Crippen LogP contribution in [0.2, 0.25) is 0 Å². The summed E-state index contributed by atoms with van der Waals surface area (Å²) in [5.74, 6) is -0.111. The molecule has 164 valence electrons. The molecule has 31 heavy (non-hydrogen) atoms. The van der Waals surface area contributed by atoms with Crippen molar-refractivity contribution in [2.24, 2.45) is 0 Å². The Hall–Kier alpha value is -2.52. The molecule has 0 aliphatic heterocycles. The fourth-order valence-corrected chi connectivity index (χ4v) is 6.89. The van der Waals surface area contributed by atoms with E-state index in [4.69, 9.17) is 4.18 Å². The van der Waals surface area contributed by atoms with E-state index >= 15 is 0 Å². The molecule has 0 heterocycles. The van der Waals surface area contributed by atoms with Crippen LogP contribution in [0.25, 0.3) is 0 Å². The number of hydrogen-bond donors (Lipinski definition) is 0. The van der Waals surface area contributed by atoms with Crippen LogP contribution in [-0.2, 0) is 8.98 Å². The molecule has 0 N–H and O–H groups in total. The second-order valence-electron chi connectivity index (χ2n) is 7.82. The van der Waals surface area contributed by atoms with Crippen molar-refractivity contribution in [1.82, 2.24) is 0 Å². The number of benzene rings is 3. The van der Waals surface area contributed by atoms with Crippen molar-refractivity contribution in [3.8, 4) is 0 Å². The number of carbonyl (C=O) groups is 1. The molecule has 2 nitrogen and oxygen atoms in total. The van der Waals surface area contributed by atoms with E-state index in [9.17, 15) is 4.79 Å². The number of carbonyl (C=O) groups excluding carboxylic acids is 1. The first-order valence-electron chi connectivity index (χ1n) is 11.5. The van der Waals surface area contributed by atoms with Gasteiger partial charge in [0.2, 0.25) is 0 Å². The van der Waals surface area contributed by atoms with Crippen LogP contribution in [0.5, 0.6) is 0 Å². The van der Waals surface area contributed by atoms with Crippen molar-refractivity contribution >= 4 is 16.3 Å². The normalized spacial score (nSPS) is 11.8. The Labute approximate surface area is 189 Å². The standard InChI is InChI=1S/C28H34O2S/c1-2-3-4-5-6-7-17-24-28(29)30-31(25-18-11-8-12-19-25,26-20-13-9-14-21-26)27-22-15-10-16-23-27/h8-16,18-23H,2-7,17,24H2,1H3. The second kappa shape index (κ2) is 12.4. The molecule has 0 bridgehead atoms. The predicted octanol–water partition coefficient (Wildman–Crippen LogP) is 8.57. The second-order valence-corrected chi connectivity index (χ2v) is 10.5. The maximum Gasteiger partial charge on any atom is 0.317 e. The van der Waals surface area contributed by atoms with Gasteiger partial charge in [-0.3, -0.25) is 4.79 Å². The van der Waals surface area contributed by atoms with Crippen LogP contribution >= 0.6 is 10.3 Å². The molecule has 0 aromatic heterocycles. The molecule has 0 aliphatic carbocycles. The molecule has 0 saturated heterocycles. The Morgan fingerprint density at radius 1 is 0.613 bits per heavy atom. The smallest absolute Gasteiger partial charge is 0.317 e. The van der Waals surface area contributed by atoms with Crippen LogP contribution in [0.1, 0.15) is 58.3 Å². The summed E-state index contributed by atoms with van der Waals surface area (Å²) in [4.78, 5) is 16.2. The average molecular weight is 435 g/mol. The lowest BCUT2D eigenvalue weighted by atomic mass is 10.1. The van der Waals surface area contributed by atoms with Gasteiger partial charge in [-0.05, 0) is 53.1 Å². The highest BCUT2D eigenvalue weighted by molar-refractivity contribution is 8.30. The Kier molecular flexibility index (Phi) is 9.23. The minimum Gasteiger partial charge on any atom is -0.402 e. The maximum absolute atomic E-state index is 13.1. The van der Waals surface area contributed by atoms with Crippen molar-refractivity contribution in [3.63, 3.8) is 0 Å². The van der Waals surface area contributed by atoms with E-state index in [0.29, 0.717) is 6.42 Å². The van der Waals surface area contributed by atoms with Crippen LogP contribution in [0.15, 0.2) is 106 Å². The topological polar surface area (TPSA) is 26.3 Å². The highest BCUT2D eigenvalue weighted by atomic mass is 32.3. The third-order valence-corrected chi connectivity index (χ3v) is 8.67. The summed E-state index contributed by atoms with van der Waals surface area (Å²) in [6.07, 6.45) is 8.76. The summed E-state index contributed by atoms with van der Waals surface area (Å²) < 4.78 is 6.49. The van der Waals surface area contributed by atoms with Gasteiger partial charge >= 0.3 is 5.97 Å². The van der Waals surface area contributed by atoms with Crippen molar-refractivity contribution in [3.05, 3.63) is 91.0 Å². The first-order chi connectivity index (χ1) is 15.3. The molecule has 3 rings (SSSR count). The molecule has 3 aromatic rings. The monoisotopic (exact) mass is 434 g/mol. The van der Waals surface area contributed by atoms with E-state index in [1.165, 1.54) is 32.1 Å². The summed E-state index contributed by atoms with van der Waals surface area (Å²) in [6, 6.07) is 30.6. The van der Waals surface area contributed by atoms with Crippen molar-refractivity contribution < 1.29 is 8.98 Å². The predicted molar refractivity (Wildman–Crippen MR) is 130 cm³/mol. The minimum absolute atomic E-state index is 0.111. The van der Waals surface area contributed by atoms with Crippen LogP contribution in [0, 0.1) is 0 Å². The Balaban J connectivity index is 1.84. The molecule has 0 radical (unpaired) electrons. The van der Waals surface area contributed by atoms with Gasteiger partial charge in [0.15, 0.2) is 0 Å². The van der Waals surface area contributed by atoms with Gasteiger partial charge in [0.25, 0.3) is 0 Å². The minimum atomic E-state index is -2.14. The van der Waals surface area contributed by atoms with Gasteiger partial charge in [0.1, 0.15) is 0 Å². The zero-order valence-corrected chi connectivity index (χ0v) is 19.4. The van der Waals surface area contributed by atoms with Crippen LogP contribution in [-0.4, -0.2) is 5.97 Å². The van der Waals surface area contributed by atoms with E-state index in [1.807, 2.05) is 54.6 Å². The number of rotatable bonds is 12. The maximum atomic E-state index is 13.1. The van der Waals surface area contributed by atoms with Crippen molar-refractivity contribution in [1.29, 1.82) is 0 Å². The van der Waals surface area contributed by atoms with Gasteiger partial charge in [0.05, 0.1) is 0 Å². The van der Waals surface area contributed by atoms with Crippen molar-refractivity contribution in [2.45, 2.75) is 73.0 Å². The molecule has 0 atom stereocenters. The summed E-state index contributed by atoms with van der Waals surface area (Å²) in [7, 11) is -2.14. The zero-order valence-electron chi connectivity index (χ0n) is 18.5. The highest BCUT2D eigenvalue weighted by Crippen LogP contribution is 2.69. The van der Waals surface area contributed by atoms with Crippen LogP contribution in [0.3, 0.4) is 0 Å². The molecular weight excluding hydrogens is 400 g/mol. The first-order valence-corrected chi connectivity index (χ1v) is 13.0. The molecule has 3 aromatic carbocycles. The Morgan fingerprint density at radius 2 is 1.00 bits per heavy atom. The largest absolute Gasteiger partial charge is 0.402 e. The lowest BCUT2D eigenvalue weighted by molar-refractivity contribution is -0.133. The van der Waals surface area contributed by atoms with E-state index in [1.54, 1.807) is 0 Å². The summed E-state index contributed by atoms with van der Waals surface area (Å²) in [5.41, 5.74) is 0. The molecule has 0 spiro atoms. The summed E-state index contributed by atoms with van der Waals surface area (Å²) in [5, 5.41) is 0. The van der Waals surface area contributed by atoms with E-state index in [0.717, 1.165) is 27.5 Å². The van der Waals surface area contributed by atoms with Crippen LogP contribution < -0.4 is 0 Å². The Morgan fingerprint density at radius 3 is 1.42 bits per heavy atom. The molecule has 0 aliphatic rings. The van der Waals surface area contributed by atoms with Crippen molar-refractivity contribution in [2.75, 3.05) is 0 Å². The van der Waals surface area contributed by atoms with Gasteiger partial charge in [-0.15, -0.1) is 0 Å². The molecule has 0 saturated carbocycles. The molecule has 0 fully saturated rings. The first kappa shape index (κ1) is 23.1.